The molecule has 3 rings (SSSR count). The first-order chi connectivity index (χ1) is 11.1. The minimum absolute atomic E-state index is 0.0164. The van der Waals surface area contributed by atoms with Gasteiger partial charge in [-0.1, -0.05) is 43.2 Å². The summed E-state index contributed by atoms with van der Waals surface area (Å²) in [4.78, 5) is 26.0. The molecule has 1 heterocycles. The van der Waals surface area contributed by atoms with E-state index in [0.29, 0.717) is 18.3 Å². The van der Waals surface area contributed by atoms with Crippen LogP contribution in [0.4, 0.5) is 0 Å². The topological polar surface area (TPSA) is 57.6 Å². The van der Waals surface area contributed by atoms with E-state index in [0.717, 1.165) is 18.7 Å². The fourth-order valence-electron chi connectivity index (χ4n) is 4.09. The van der Waals surface area contributed by atoms with Crippen molar-refractivity contribution in [1.82, 2.24) is 4.90 Å². The number of fused-ring (bicyclic) bond motifs is 1. The SMILES string of the molecule is O=C(O)C(CC(=O)N1C[C@H]2CCCC[C@@H]2C1)Cc1ccccc1. The summed E-state index contributed by atoms with van der Waals surface area (Å²) in [5.41, 5.74) is 0.975. The van der Waals surface area contributed by atoms with Gasteiger partial charge < -0.3 is 10.0 Å². The van der Waals surface area contributed by atoms with Gasteiger partial charge in [0.25, 0.3) is 0 Å². The summed E-state index contributed by atoms with van der Waals surface area (Å²) in [6.07, 6.45) is 5.53. The molecule has 1 unspecified atom stereocenters. The smallest absolute Gasteiger partial charge is 0.307 e. The average Bonchev–Trinajstić information content (AvgIpc) is 2.99. The van der Waals surface area contributed by atoms with E-state index < -0.39 is 11.9 Å². The van der Waals surface area contributed by atoms with Crippen LogP contribution in [-0.4, -0.2) is 35.0 Å². The second kappa shape index (κ2) is 7.16. The van der Waals surface area contributed by atoms with Gasteiger partial charge in [0, 0.05) is 19.5 Å². The summed E-state index contributed by atoms with van der Waals surface area (Å²) < 4.78 is 0. The van der Waals surface area contributed by atoms with Crippen LogP contribution < -0.4 is 0 Å². The first kappa shape index (κ1) is 16.0. The van der Waals surface area contributed by atoms with Crippen LogP contribution in [0, 0.1) is 17.8 Å². The van der Waals surface area contributed by atoms with E-state index in [2.05, 4.69) is 0 Å². The zero-order valence-electron chi connectivity index (χ0n) is 13.5. The molecule has 1 amide bonds. The van der Waals surface area contributed by atoms with Gasteiger partial charge in [-0.15, -0.1) is 0 Å². The highest BCUT2D eigenvalue weighted by molar-refractivity contribution is 5.82. The van der Waals surface area contributed by atoms with E-state index >= 15 is 0 Å². The molecule has 1 aliphatic heterocycles. The lowest BCUT2D eigenvalue weighted by molar-refractivity contribution is -0.145. The van der Waals surface area contributed by atoms with Gasteiger partial charge in [-0.3, -0.25) is 9.59 Å². The summed E-state index contributed by atoms with van der Waals surface area (Å²) in [7, 11) is 0. The number of carbonyl (C=O) groups excluding carboxylic acids is 1. The van der Waals surface area contributed by atoms with Crippen molar-refractivity contribution in [2.24, 2.45) is 17.8 Å². The number of nitrogens with zero attached hydrogens (tertiary/aromatic N) is 1. The molecule has 0 spiro atoms. The summed E-state index contributed by atoms with van der Waals surface area (Å²) in [5.74, 6) is -0.204. The van der Waals surface area contributed by atoms with Gasteiger partial charge in [0.2, 0.25) is 5.91 Å². The minimum atomic E-state index is -0.876. The Bertz CT molecular complexity index is 543. The molecule has 23 heavy (non-hydrogen) atoms. The van der Waals surface area contributed by atoms with Crippen molar-refractivity contribution < 1.29 is 14.7 Å². The standard InChI is InChI=1S/C19H25NO3/c21-18(20-12-15-8-4-5-9-16(15)13-20)11-17(19(22)23)10-14-6-2-1-3-7-14/h1-3,6-7,15-17H,4-5,8-13H2,(H,22,23)/t15-,16-,17?/m1/s1. The first-order valence-electron chi connectivity index (χ1n) is 8.68. The van der Waals surface area contributed by atoms with E-state index in [1.807, 2.05) is 35.2 Å². The van der Waals surface area contributed by atoms with E-state index in [4.69, 9.17) is 0 Å². The van der Waals surface area contributed by atoms with Crippen molar-refractivity contribution in [3.05, 3.63) is 35.9 Å². The van der Waals surface area contributed by atoms with Crippen molar-refractivity contribution in [2.75, 3.05) is 13.1 Å². The number of carboxylic acid groups (broad SMARTS) is 1. The van der Waals surface area contributed by atoms with Crippen LogP contribution >= 0.6 is 0 Å². The molecule has 1 aliphatic carbocycles. The van der Waals surface area contributed by atoms with Gasteiger partial charge in [0.05, 0.1) is 5.92 Å². The highest BCUT2D eigenvalue weighted by atomic mass is 16.4. The van der Waals surface area contributed by atoms with Gasteiger partial charge in [0.1, 0.15) is 0 Å². The maximum absolute atomic E-state index is 12.6. The van der Waals surface area contributed by atoms with Crippen molar-refractivity contribution in [3.8, 4) is 0 Å². The number of carboxylic acids is 1. The lowest BCUT2D eigenvalue weighted by atomic mass is 9.82. The van der Waals surface area contributed by atoms with Crippen molar-refractivity contribution in [1.29, 1.82) is 0 Å². The van der Waals surface area contributed by atoms with Gasteiger partial charge in [-0.05, 0) is 36.7 Å². The molecule has 1 aromatic carbocycles. The lowest BCUT2D eigenvalue weighted by Gasteiger charge is -2.22. The Balaban J connectivity index is 1.59. The van der Waals surface area contributed by atoms with Crippen LogP contribution in [0.2, 0.25) is 0 Å². The highest BCUT2D eigenvalue weighted by Crippen LogP contribution is 2.36. The fourth-order valence-corrected chi connectivity index (χ4v) is 4.09. The number of hydrogen-bond donors (Lipinski definition) is 1. The maximum atomic E-state index is 12.6. The second-order valence-electron chi connectivity index (χ2n) is 7.03. The maximum Gasteiger partial charge on any atom is 0.307 e. The summed E-state index contributed by atoms with van der Waals surface area (Å²) in [6, 6.07) is 9.56. The number of likely N-dealkylation sites (tertiary alicyclic amines) is 1. The summed E-state index contributed by atoms with van der Waals surface area (Å²) in [6.45, 7) is 1.67. The molecule has 0 radical (unpaired) electrons. The number of rotatable bonds is 5. The molecule has 0 aromatic heterocycles. The molecule has 1 aromatic rings. The van der Waals surface area contributed by atoms with Crippen molar-refractivity contribution in [2.45, 2.75) is 38.5 Å². The highest BCUT2D eigenvalue weighted by Gasteiger charge is 2.37. The molecular formula is C19H25NO3. The molecule has 2 fully saturated rings. The number of benzene rings is 1. The van der Waals surface area contributed by atoms with Crippen LogP contribution in [0.25, 0.3) is 0 Å². The van der Waals surface area contributed by atoms with Crippen LogP contribution in [0.15, 0.2) is 30.3 Å². The first-order valence-corrected chi connectivity index (χ1v) is 8.68. The Morgan fingerprint density at radius 3 is 2.26 bits per heavy atom. The third kappa shape index (κ3) is 3.92. The predicted molar refractivity (Wildman–Crippen MR) is 87.9 cm³/mol. The Kier molecular flexibility index (Phi) is 4.99. The molecule has 0 bridgehead atoms. The average molecular weight is 315 g/mol. The van der Waals surface area contributed by atoms with Crippen LogP contribution in [0.1, 0.15) is 37.7 Å². The number of carbonyl (C=O) groups is 2. The Morgan fingerprint density at radius 1 is 1.09 bits per heavy atom. The normalized spacial score (nSPS) is 25.0. The molecule has 4 heteroatoms. The summed E-state index contributed by atoms with van der Waals surface area (Å²) >= 11 is 0. The molecule has 2 aliphatic rings. The van der Waals surface area contributed by atoms with Gasteiger partial charge in [-0.2, -0.15) is 0 Å². The largest absolute Gasteiger partial charge is 0.481 e. The molecule has 124 valence electrons. The second-order valence-corrected chi connectivity index (χ2v) is 7.03. The van der Waals surface area contributed by atoms with E-state index in [-0.39, 0.29) is 12.3 Å². The molecular weight excluding hydrogens is 290 g/mol. The molecule has 3 atom stereocenters. The fraction of sp³-hybridized carbons (Fsp3) is 0.579. The van der Waals surface area contributed by atoms with Gasteiger partial charge in [-0.25, -0.2) is 0 Å². The van der Waals surface area contributed by atoms with Crippen molar-refractivity contribution in [3.63, 3.8) is 0 Å². The van der Waals surface area contributed by atoms with Crippen LogP contribution in [0.3, 0.4) is 0 Å². The van der Waals surface area contributed by atoms with E-state index in [1.165, 1.54) is 25.7 Å². The molecule has 1 saturated heterocycles. The lowest BCUT2D eigenvalue weighted by Crippen LogP contribution is -2.33. The van der Waals surface area contributed by atoms with Gasteiger partial charge in [0.15, 0.2) is 0 Å². The third-order valence-electron chi connectivity index (χ3n) is 5.42. The number of amides is 1. The zero-order chi connectivity index (χ0) is 16.2. The van der Waals surface area contributed by atoms with Crippen LogP contribution in [0.5, 0.6) is 0 Å². The van der Waals surface area contributed by atoms with Crippen LogP contribution in [-0.2, 0) is 16.0 Å². The number of aliphatic carboxylic acids is 1. The monoisotopic (exact) mass is 315 g/mol. The Morgan fingerprint density at radius 2 is 1.70 bits per heavy atom. The van der Waals surface area contributed by atoms with E-state index in [9.17, 15) is 14.7 Å². The quantitative estimate of drug-likeness (QED) is 0.909. The molecule has 1 saturated carbocycles. The molecule has 1 N–H and O–H groups in total. The predicted octanol–water partition coefficient (Wildman–Crippen LogP) is 2.97. The Labute approximate surface area is 137 Å². The molecule has 4 nitrogen and oxygen atoms in total. The Hall–Kier alpha value is -1.84. The minimum Gasteiger partial charge on any atom is -0.481 e. The zero-order valence-corrected chi connectivity index (χ0v) is 13.5. The van der Waals surface area contributed by atoms with Crippen molar-refractivity contribution >= 4 is 11.9 Å². The van der Waals surface area contributed by atoms with E-state index in [1.54, 1.807) is 0 Å². The summed E-state index contributed by atoms with van der Waals surface area (Å²) in [5, 5.41) is 9.46. The third-order valence-corrected chi connectivity index (χ3v) is 5.42. The number of hydrogen-bond acceptors (Lipinski definition) is 2. The van der Waals surface area contributed by atoms with Gasteiger partial charge >= 0.3 is 5.97 Å².